The van der Waals surface area contributed by atoms with Gasteiger partial charge in [0, 0.05) is 5.92 Å². The van der Waals surface area contributed by atoms with Crippen molar-refractivity contribution < 1.29 is 4.74 Å². The molecule has 22 heavy (non-hydrogen) atoms. The van der Waals surface area contributed by atoms with Crippen LogP contribution < -0.4 is 16.2 Å². The van der Waals surface area contributed by atoms with Crippen molar-refractivity contribution >= 4 is 22.5 Å². The van der Waals surface area contributed by atoms with E-state index in [0.717, 1.165) is 22.1 Å². The van der Waals surface area contributed by atoms with Crippen molar-refractivity contribution in [2.24, 2.45) is 0 Å². The van der Waals surface area contributed by atoms with E-state index in [4.69, 9.17) is 16.2 Å². The van der Waals surface area contributed by atoms with Crippen molar-refractivity contribution in [3.05, 3.63) is 47.7 Å². The SMILES string of the molecule is COc1ccc2c(C(C)c3nnc(N)nc3N)cccc2c1. The highest BCUT2D eigenvalue weighted by molar-refractivity contribution is 5.87. The second-order valence-electron chi connectivity index (χ2n) is 5.10. The second-order valence-corrected chi connectivity index (χ2v) is 5.10. The Balaban J connectivity index is 2.12. The molecule has 0 aliphatic rings. The molecular weight excluding hydrogens is 278 g/mol. The molecule has 1 unspecified atom stereocenters. The number of anilines is 2. The van der Waals surface area contributed by atoms with Gasteiger partial charge in [0.05, 0.1) is 7.11 Å². The summed E-state index contributed by atoms with van der Waals surface area (Å²) in [5.74, 6) is 1.17. The number of hydrogen-bond donors (Lipinski definition) is 2. The Morgan fingerprint density at radius 3 is 2.64 bits per heavy atom. The summed E-state index contributed by atoms with van der Waals surface area (Å²) in [4.78, 5) is 3.99. The van der Waals surface area contributed by atoms with E-state index in [-0.39, 0.29) is 11.9 Å². The Morgan fingerprint density at radius 1 is 1.09 bits per heavy atom. The molecule has 0 aliphatic carbocycles. The van der Waals surface area contributed by atoms with E-state index in [9.17, 15) is 0 Å². The van der Waals surface area contributed by atoms with E-state index in [0.29, 0.717) is 11.5 Å². The molecule has 0 aliphatic heterocycles. The van der Waals surface area contributed by atoms with Gasteiger partial charge < -0.3 is 16.2 Å². The highest BCUT2D eigenvalue weighted by Gasteiger charge is 2.17. The van der Waals surface area contributed by atoms with Gasteiger partial charge in [0.15, 0.2) is 5.82 Å². The number of rotatable bonds is 3. The molecule has 6 heteroatoms. The minimum atomic E-state index is -0.0438. The van der Waals surface area contributed by atoms with Crippen LogP contribution in [0.25, 0.3) is 10.8 Å². The van der Waals surface area contributed by atoms with E-state index < -0.39 is 0 Å². The second kappa shape index (κ2) is 5.48. The van der Waals surface area contributed by atoms with Gasteiger partial charge in [-0.25, -0.2) is 0 Å². The van der Waals surface area contributed by atoms with Crippen LogP contribution in [0.3, 0.4) is 0 Å². The molecule has 0 radical (unpaired) electrons. The molecule has 0 saturated heterocycles. The number of nitrogens with two attached hydrogens (primary N) is 2. The fourth-order valence-corrected chi connectivity index (χ4v) is 2.61. The van der Waals surface area contributed by atoms with Gasteiger partial charge in [-0.3, -0.25) is 0 Å². The third-order valence-corrected chi connectivity index (χ3v) is 3.76. The lowest BCUT2D eigenvalue weighted by molar-refractivity contribution is 0.415. The highest BCUT2D eigenvalue weighted by Crippen LogP contribution is 2.32. The van der Waals surface area contributed by atoms with E-state index in [1.165, 1.54) is 0 Å². The van der Waals surface area contributed by atoms with Crippen molar-refractivity contribution in [3.8, 4) is 5.75 Å². The number of fused-ring (bicyclic) bond motifs is 1. The summed E-state index contributed by atoms with van der Waals surface area (Å²) >= 11 is 0. The van der Waals surface area contributed by atoms with E-state index in [1.54, 1.807) is 7.11 Å². The smallest absolute Gasteiger partial charge is 0.242 e. The van der Waals surface area contributed by atoms with Crippen molar-refractivity contribution in [1.82, 2.24) is 15.2 Å². The standard InChI is InChI=1S/C16H17N5O/c1-9(14-15(17)19-16(18)21-20-14)12-5-3-4-10-8-11(22-2)6-7-13(10)12/h3-9H,1-2H3,(H4,17,18,19,21). The Hall–Kier alpha value is -2.89. The average Bonchev–Trinajstić information content (AvgIpc) is 2.53. The maximum Gasteiger partial charge on any atom is 0.242 e. The van der Waals surface area contributed by atoms with E-state index in [2.05, 4.69) is 21.2 Å². The van der Waals surface area contributed by atoms with Gasteiger partial charge in [0.1, 0.15) is 11.4 Å². The van der Waals surface area contributed by atoms with Crippen LogP contribution in [0.5, 0.6) is 5.75 Å². The number of methoxy groups -OCH3 is 1. The van der Waals surface area contributed by atoms with Crippen molar-refractivity contribution in [3.63, 3.8) is 0 Å². The fraction of sp³-hybridized carbons (Fsp3) is 0.188. The molecule has 0 fully saturated rings. The first-order valence-corrected chi connectivity index (χ1v) is 6.92. The molecule has 0 saturated carbocycles. The van der Waals surface area contributed by atoms with Crippen LogP contribution in [0.15, 0.2) is 36.4 Å². The molecule has 4 N–H and O–H groups in total. The Bertz CT molecular complexity index is 834. The topological polar surface area (TPSA) is 99.9 Å². The minimum absolute atomic E-state index is 0.0438. The predicted molar refractivity (Wildman–Crippen MR) is 86.7 cm³/mol. The lowest BCUT2D eigenvalue weighted by atomic mass is 9.92. The van der Waals surface area contributed by atoms with Crippen LogP contribution in [-0.4, -0.2) is 22.3 Å². The lowest BCUT2D eigenvalue weighted by Gasteiger charge is -2.15. The molecule has 6 nitrogen and oxygen atoms in total. The maximum absolute atomic E-state index is 5.94. The molecule has 1 atom stereocenters. The Labute approximate surface area is 128 Å². The number of aromatic nitrogens is 3. The molecule has 0 spiro atoms. The van der Waals surface area contributed by atoms with E-state index >= 15 is 0 Å². The quantitative estimate of drug-likeness (QED) is 0.769. The molecule has 0 bridgehead atoms. The number of hydrogen-bond acceptors (Lipinski definition) is 6. The van der Waals surface area contributed by atoms with Gasteiger partial charge in [0.2, 0.25) is 5.95 Å². The highest BCUT2D eigenvalue weighted by atomic mass is 16.5. The zero-order chi connectivity index (χ0) is 15.7. The van der Waals surface area contributed by atoms with Crippen LogP contribution in [0, 0.1) is 0 Å². The van der Waals surface area contributed by atoms with Gasteiger partial charge in [-0.15, -0.1) is 10.2 Å². The zero-order valence-corrected chi connectivity index (χ0v) is 12.4. The molecule has 3 rings (SSSR count). The number of nitrogen functional groups attached to an aromatic ring is 2. The van der Waals surface area contributed by atoms with Gasteiger partial charge in [0.25, 0.3) is 0 Å². The number of ether oxygens (including phenoxy) is 1. The fourth-order valence-electron chi connectivity index (χ4n) is 2.61. The summed E-state index contributed by atoms with van der Waals surface area (Å²) in [6.07, 6.45) is 0. The normalized spacial score (nSPS) is 12.3. The largest absolute Gasteiger partial charge is 0.497 e. The number of nitrogens with zero attached hydrogens (tertiary/aromatic N) is 3. The molecule has 0 amide bonds. The summed E-state index contributed by atoms with van der Waals surface area (Å²) in [6.45, 7) is 2.03. The summed E-state index contributed by atoms with van der Waals surface area (Å²) in [5, 5.41) is 10.1. The maximum atomic E-state index is 5.94. The molecule has 3 aromatic rings. The van der Waals surface area contributed by atoms with Gasteiger partial charge in [-0.2, -0.15) is 4.98 Å². The molecule has 2 aromatic carbocycles. The monoisotopic (exact) mass is 295 g/mol. The summed E-state index contributed by atoms with van der Waals surface area (Å²) in [5.41, 5.74) is 13.2. The summed E-state index contributed by atoms with van der Waals surface area (Å²) in [7, 11) is 1.66. The number of benzene rings is 2. The van der Waals surface area contributed by atoms with Crippen LogP contribution in [0.1, 0.15) is 24.1 Å². The van der Waals surface area contributed by atoms with Crippen molar-refractivity contribution in [2.75, 3.05) is 18.6 Å². The van der Waals surface area contributed by atoms with E-state index in [1.807, 2.05) is 37.3 Å². The minimum Gasteiger partial charge on any atom is -0.497 e. The van der Waals surface area contributed by atoms with Crippen LogP contribution in [-0.2, 0) is 0 Å². The Morgan fingerprint density at radius 2 is 1.91 bits per heavy atom. The molecule has 112 valence electrons. The lowest BCUT2D eigenvalue weighted by Crippen LogP contribution is -2.10. The summed E-state index contributed by atoms with van der Waals surface area (Å²) < 4.78 is 5.27. The van der Waals surface area contributed by atoms with Crippen molar-refractivity contribution in [1.29, 1.82) is 0 Å². The average molecular weight is 295 g/mol. The van der Waals surface area contributed by atoms with Gasteiger partial charge in [-0.1, -0.05) is 31.2 Å². The molecule has 1 heterocycles. The zero-order valence-electron chi connectivity index (χ0n) is 12.4. The Kier molecular flexibility index (Phi) is 3.50. The van der Waals surface area contributed by atoms with Crippen molar-refractivity contribution in [2.45, 2.75) is 12.8 Å². The first-order chi connectivity index (χ1) is 10.6. The van der Waals surface area contributed by atoms with Crippen LogP contribution >= 0.6 is 0 Å². The summed E-state index contributed by atoms with van der Waals surface area (Å²) in [6, 6.07) is 12.1. The third kappa shape index (κ3) is 2.39. The first-order valence-electron chi connectivity index (χ1n) is 6.92. The van der Waals surface area contributed by atoms with Gasteiger partial charge in [-0.05, 0) is 28.5 Å². The third-order valence-electron chi connectivity index (χ3n) is 3.76. The van der Waals surface area contributed by atoms with Gasteiger partial charge >= 0.3 is 0 Å². The predicted octanol–water partition coefficient (Wildman–Crippen LogP) is 2.35. The first kappa shape index (κ1) is 14.1. The molecular formula is C16H17N5O. The molecule has 1 aromatic heterocycles. The van der Waals surface area contributed by atoms with Crippen LogP contribution in [0.4, 0.5) is 11.8 Å². The van der Waals surface area contributed by atoms with Crippen LogP contribution in [0.2, 0.25) is 0 Å².